The number of carbonyl (C=O) groups is 1. The van der Waals surface area contributed by atoms with Crippen LogP contribution in [-0.4, -0.2) is 37.3 Å². The van der Waals surface area contributed by atoms with E-state index in [1.807, 2.05) is 6.92 Å². The van der Waals surface area contributed by atoms with Crippen molar-refractivity contribution < 1.29 is 23.1 Å². The molecule has 1 unspecified atom stereocenters. The average Bonchev–Trinajstić information content (AvgIpc) is 2.80. The van der Waals surface area contributed by atoms with Crippen LogP contribution in [0.25, 0.3) is 11.2 Å². The fourth-order valence-electron chi connectivity index (χ4n) is 3.17. The third-order valence-corrected chi connectivity index (χ3v) is 5.48. The van der Waals surface area contributed by atoms with Gasteiger partial charge >= 0.3 is 6.18 Å². The van der Waals surface area contributed by atoms with Crippen LogP contribution in [0.3, 0.4) is 0 Å². The highest BCUT2D eigenvalue weighted by molar-refractivity contribution is 6.30. The Morgan fingerprint density at radius 3 is 2.56 bits per heavy atom. The number of fused-ring (bicyclic) bond motifs is 1. The summed E-state index contributed by atoms with van der Waals surface area (Å²) in [6, 6.07) is 1.71. The minimum absolute atomic E-state index is 0.101. The Morgan fingerprint density at radius 2 is 2.04 bits per heavy atom. The van der Waals surface area contributed by atoms with E-state index in [9.17, 15) is 23.1 Å². The average molecular weight is 405 g/mol. The SMILES string of the molecule is Cc1cc2nc(NC(=O)CC(C)(O)C(F)(F)F)n(C3(C)CCC3)c2nc1Cl. The first kappa shape index (κ1) is 19.9. The van der Waals surface area contributed by atoms with Crippen molar-refractivity contribution in [2.75, 3.05) is 5.32 Å². The van der Waals surface area contributed by atoms with E-state index < -0.39 is 24.1 Å². The van der Waals surface area contributed by atoms with Crippen LogP contribution in [0.5, 0.6) is 0 Å². The number of aryl methyl sites for hydroxylation is 1. The van der Waals surface area contributed by atoms with E-state index in [-0.39, 0.29) is 11.5 Å². The van der Waals surface area contributed by atoms with E-state index in [1.54, 1.807) is 17.6 Å². The molecule has 0 spiro atoms. The molecule has 1 fully saturated rings. The van der Waals surface area contributed by atoms with Crippen LogP contribution in [0.1, 0.15) is 45.1 Å². The molecule has 27 heavy (non-hydrogen) atoms. The molecule has 6 nitrogen and oxygen atoms in total. The number of aliphatic hydroxyl groups is 1. The number of hydrogen-bond acceptors (Lipinski definition) is 4. The van der Waals surface area contributed by atoms with Gasteiger partial charge in [-0.25, -0.2) is 9.97 Å². The Hall–Kier alpha value is -1.87. The summed E-state index contributed by atoms with van der Waals surface area (Å²) >= 11 is 6.13. The zero-order valence-corrected chi connectivity index (χ0v) is 15.9. The molecule has 1 aliphatic carbocycles. The van der Waals surface area contributed by atoms with Crippen molar-refractivity contribution in [2.24, 2.45) is 0 Å². The highest BCUT2D eigenvalue weighted by Gasteiger charge is 2.51. The zero-order valence-electron chi connectivity index (χ0n) is 15.1. The number of alkyl halides is 3. The Bertz CT molecular complexity index is 904. The topological polar surface area (TPSA) is 80.0 Å². The van der Waals surface area contributed by atoms with Crippen LogP contribution in [0.15, 0.2) is 6.07 Å². The van der Waals surface area contributed by atoms with Crippen molar-refractivity contribution in [1.29, 1.82) is 0 Å². The number of carbonyl (C=O) groups excluding carboxylic acids is 1. The molecule has 0 saturated heterocycles. The van der Waals surface area contributed by atoms with Gasteiger partial charge in [0.1, 0.15) is 10.7 Å². The lowest BCUT2D eigenvalue weighted by molar-refractivity contribution is -0.253. The Labute approximate surface area is 158 Å². The first-order chi connectivity index (χ1) is 12.3. The number of nitrogens with one attached hydrogen (secondary N) is 1. The van der Waals surface area contributed by atoms with Crippen LogP contribution >= 0.6 is 11.6 Å². The van der Waals surface area contributed by atoms with E-state index in [4.69, 9.17) is 11.6 Å². The number of imidazole rings is 1. The van der Waals surface area contributed by atoms with Gasteiger partial charge in [0.15, 0.2) is 11.2 Å². The maximum Gasteiger partial charge on any atom is 0.417 e. The van der Waals surface area contributed by atoms with E-state index >= 15 is 0 Å². The van der Waals surface area contributed by atoms with Crippen molar-refractivity contribution in [3.05, 3.63) is 16.8 Å². The highest BCUT2D eigenvalue weighted by atomic mass is 35.5. The minimum Gasteiger partial charge on any atom is -0.380 e. The van der Waals surface area contributed by atoms with Gasteiger partial charge in [-0.1, -0.05) is 11.6 Å². The van der Waals surface area contributed by atoms with Gasteiger partial charge in [0.05, 0.1) is 6.42 Å². The Morgan fingerprint density at radius 1 is 1.41 bits per heavy atom. The van der Waals surface area contributed by atoms with Crippen LogP contribution in [0, 0.1) is 6.92 Å². The summed E-state index contributed by atoms with van der Waals surface area (Å²) in [6.45, 7) is 4.29. The number of pyridine rings is 1. The molecule has 1 amide bonds. The largest absolute Gasteiger partial charge is 0.417 e. The molecule has 3 rings (SSSR count). The van der Waals surface area contributed by atoms with E-state index in [0.29, 0.717) is 28.8 Å². The number of halogens is 4. The molecule has 0 bridgehead atoms. The molecule has 2 heterocycles. The summed E-state index contributed by atoms with van der Waals surface area (Å²) in [4.78, 5) is 20.9. The van der Waals surface area contributed by atoms with Gasteiger partial charge in [-0.3, -0.25) is 14.7 Å². The molecular weight excluding hydrogens is 385 g/mol. The first-order valence-corrected chi connectivity index (χ1v) is 8.87. The molecule has 0 aliphatic heterocycles. The van der Waals surface area contributed by atoms with E-state index in [0.717, 1.165) is 19.3 Å². The predicted octanol–water partition coefficient (Wildman–Crippen LogP) is 3.93. The number of aromatic nitrogens is 3. The lowest BCUT2D eigenvalue weighted by Gasteiger charge is -2.40. The summed E-state index contributed by atoms with van der Waals surface area (Å²) in [5, 5.41) is 12.3. The standard InChI is InChI=1S/C17H20ClF3N4O2/c1-9-7-10-13(24-12(9)18)25(15(2)5-4-6-15)14(22-10)23-11(26)8-16(3,27)17(19,20)21/h7,27H,4-6,8H2,1-3H3,(H,22,23,26). The van der Waals surface area contributed by atoms with Crippen molar-refractivity contribution in [3.63, 3.8) is 0 Å². The molecule has 0 radical (unpaired) electrons. The molecule has 1 aliphatic rings. The van der Waals surface area contributed by atoms with Crippen LogP contribution in [-0.2, 0) is 10.3 Å². The Balaban J connectivity index is 1.99. The fraction of sp³-hybridized carbons (Fsp3) is 0.588. The minimum atomic E-state index is -4.92. The summed E-state index contributed by atoms with van der Waals surface area (Å²) in [5.74, 6) is -0.885. The molecular formula is C17H20ClF3N4O2. The van der Waals surface area contributed by atoms with Gasteiger partial charge in [-0.15, -0.1) is 0 Å². The predicted molar refractivity (Wildman–Crippen MR) is 94.7 cm³/mol. The summed E-state index contributed by atoms with van der Waals surface area (Å²) in [5.41, 5.74) is -1.85. The van der Waals surface area contributed by atoms with Crippen LogP contribution in [0.4, 0.5) is 19.1 Å². The highest BCUT2D eigenvalue weighted by Crippen LogP contribution is 2.43. The number of anilines is 1. The summed E-state index contributed by atoms with van der Waals surface area (Å²) < 4.78 is 40.3. The number of hydrogen-bond donors (Lipinski definition) is 2. The van der Waals surface area contributed by atoms with Crippen molar-refractivity contribution in [1.82, 2.24) is 14.5 Å². The molecule has 2 aromatic heterocycles. The summed E-state index contributed by atoms with van der Waals surface area (Å²) in [7, 11) is 0. The van der Waals surface area contributed by atoms with E-state index in [2.05, 4.69) is 15.3 Å². The smallest absolute Gasteiger partial charge is 0.380 e. The number of rotatable bonds is 4. The van der Waals surface area contributed by atoms with Gasteiger partial charge in [0.2, 0.25) is 11.9 Å². The summed E-state index contributed by atoms with van der Waals surface area (Å²) in [6.07, 6.45) is -3.45. The molecule has 10 heteroatoms. The van der Waals surface area contributed by atoms with Gasteiger partial charge < -0.3 is 5.11 Å². The van der Waals surface area contributed by atoms with Crippen LogP contribution in [0.2, 0.25) is 5.15 Å². The fourth-order valence-corrected chi connectivity index (χ4v) is 3.30. The van der Waals surface area contributed by atoms with Crippen molar-refractivity contribution in [2.45, 2.75) is 63.8 Å². The second-order valence-corrected chi connectivity index (χ2v) is 7.91. The quantitative estimate of drug-likeness (QED) is 0.756. The second-order valence-electron chi connectivity index (χ2n) is 7.56. The molecule has 2 N–H and O–H groups in total. The lowest BCUT2D eigenvalue weighted by Crippen LogP contribution is -2.45. The first-order valence-electron chi connectivity index (χ1n) is 8.49. The molecule has 0 aromatic carbocycles. The second kappa shape index (κ2) is 6.34. The Kier molecular flexibility index (Phi) is 4.67. The van der Waals surface area contributed by atoms with E-state index in [1.165, 1.54) is 0 Å². The maximum absolute atomic E-state index is 12.8. The normalized spacial score (nSPS) is 18.8. The van der Waals surface area contributed by atoms with Crippen molar-refractivity contribution >= 4 is 34.6 Å². The maximum atomic E-state index is 12.8. The molecule has 2 aromatic rings. The number of nitrogens with zero attached hydrogens (tertiary/aromatic N) is 3. The van der Waals surface area contributed by atoms with Gasteiger partial charge in [0, 0.05) is 5.54 Å². The van der Waals surface area contributed by atoms with Crippen molar-refractivity contribution in [3.8, 4) is 0 Å². The van der Waals surface area contributed by atoms with Gasteiger partial charge in [-0.2, -0.15) is 13.2 Å². The molecule has 1 atom stereocenters. The van der Waals surface area contributed by atoms with Gasteiger partial charge in [-0.05, 0) is 51.7 Å². The third kappa shape index (κ3) is 3.50. The van der Waals surface area contributed by atoms with Crippen LogP contribution < -0.4 is 5.32 Å². The van der Waals surface area contributed by atoms with Gasteiger partial charge in [0.25, 0.3) is 0 Å². The molecule has 148 valence electrons. The number of amides is 1. The molecule has 1 saturated carbocycles. The monoisotopic (exact) mass is 404 g/mol. The zero-order chi connectivity index (χ0) is 20.2. The third-order valence-electron chi connectivity index (χ3n) is 5.10. The lowest BCUT2D eigenvalue weighted by atomic mass is 9.78.